The SMILES string of the molecule is O=C(NN1C(=O)c2ccccc2N[C@@H]1c1cccnc1)c1ccccc1. The molecule has 0 saturated heterocycles. The molecule has 0 fully saturated rings. The smallest absolute Gasteiger partial charge is 0.276 e. The van der Waals surface area contributed by atoms with Crippen molar-refractivity contribution in [1.29, 1.82) is 0 Å². The quantitative estimate of drug-likeness (QED) is 0.766. The monoisotopic (exact) mass is 344 g/mol. The number of amides is 2. The molecule has 2 heterocycles. The lowest BCUT2D eigenvalue weighted by atomic mass is 10.1. The van der Waals surface area contributed by atoms with E-state index in [2.05, 4.69) is 15.7 Å². The van der Waals surface area contributed by atoms with Crippen LogP contribution >= 0.6 is 0 Å². The first-order valence-electron chi connectivity index (χ1n) is 8.19. The third-order valence-electron chi connectivity index (χ3n) is 4.18. The molecule has 0 bridgehead atoms. The van der Waals surface area contributed by atoms with Crippen LogP contribution in [0.2, 0.25) is 0 Å². The number of aromatic nitrogens is 1. The maximum atomic E-state index is 13.0. The Hall–Kier alpha value is -3.67. The molecule has 1 aromatic heterocycles. The summed E-state index contributed by atoms with van der Waals surface area (Å²) in [5.41, 5.74) is 5.19. The number of anilines is 1. The zero-order chi connectivity index (χ0) is 17.9. The molecule has 26 heavy (non-hydrogen) atoms. The second kappa shape index (κ2) is 6.68. The number of hydrazine groups is 1. The molecule has 1 aliphatic heterocycles. The largest absolute Gasteiger partial charge is 0.359 e. The van der Waals surface area contributed by atoms with Crippen molar-refractivity contribution in [2.24, 2.45) is 0 Å². The third kappa shape index (κ3) is 2.88. The summed E-state index contributed by atoms with van der Waals surface area (Å²) in [6.07, 6.45) is 2.77. The minimum absolute atomic E-state index is 0.280. The van der Waals surface area contributed by atoms with Crippen LogP contribution in [0.1, 0.15) is 32.4 Å². The van der Waals surface area contributed by atoms with E-state index in [-0.39, 0.29) is 11.8 Å². The van der Waals surface area contributed by atoms with E-state index in [1.165, 1.54) is 5.01 Å². The molecule has 128 valence electrons. The molecule has 1 aliphatic rings. The fourth-order valence-electron chi connectivity index (χ4n) is 2.90. The topological polar surface area (TPSA) is 74.3 Å². The van der Waals surface area contributed by atoms with Crippen molar-refractivity contribution in [3.63, 3.8) is 0 Å². The van der Waals surface area contributed by atoms with Gasteiger partial charge in [0.1, 0.15) is 6.17 Å². The molecule has 1 atom stereocenters. The van der Waals surface area contributed by atoms with Gasteiger partial charge in [-0.1, -0.05) is 36.4 Å². The summed E-state index contributed by atoms with van der Waals surface area (Å²) < 4.78 is 0. The number of carbonyl (C=O) groups excluding carboxylic acids is 2. The van der Waals surface area contributed by atoms with Crippen LogP contribution in [0.15, 0.2) is 79.1 Å². The highest BCUT2D eigenvalue weighted by Gasteiger charge is 2.34. The first-order valence-corrected chi connectivity index (χ1v) is 8.19. The van der Waals surface area contributed by atoms with E-state index < -0.39 is 6.17 Å². The van der Waals surface area contributed by atoms with Crippen LogP contribution in [0.5, 0.6) is 0 Å². The van der Waals surface area contributed by atoms with Crippen LogP contribution in [-0.2, 0) is 0 Å². The minimum Gasteiger partial charge on any atom is -0.359 e. The van der Waals surface area contributed by atoms with Crippen molar-refractivity contribution in [1.82, 2.24) is 15.4 Å². The molecule has 3 aromatic rings. The second-order valence-corrected chi connectivity index (χ2v) is 5.86. The van der Waals surface area contributed by atoms with E-state index in [9.17, 15) is 9.59 Å². The van der Waals surface area contributed by atoms with Crippen molar-refractivity contribution in [2.45, 2.75) is 6.17 Å². The molecule has 0 aliphatic carbocycles. The zero-order valence-electron chi connectivity index (χ0n) is 13.8. The van der Waals surface area contributed by atoms with Gasteiger partial charge in [-0.2, -0.15) is 0 Å². The summed E-state index contributed by atoms with van der Waals surface area (Å²) in [5, 5.41) is 4.62. The molecule has 2 amide bonds. The van der Waals surface area contributed by atoms with E-state index in [0.29, 0.717) is 11.1 Å². The van der Waals surface area contributed by atoms with Gasteiger partial charge in [-0.25, -0.2) is 5.01 Å². The highest BCUT2D eigenvalue weighted by molar-refractivity contribution is 6.03. The van der Waals surface area contributed by atoms with Gasteiger partial charge < -0.3 is 5.32 Å². The number of carbonyl (C=O) groups is 2. The number of hydrogen-bond donors (Lipinski definition) is 2. The number of fused-ring (bicyclic) bond motifs is 1. The number of rotatable bonds is 3. The van der Waals surface area contributed by atoms with Gasteiger partial charge in [-0.3, -0.25) is 20.0 Å². The Balaban J connectivity index is 1.71. The van der Waals surface area contributed by atoms with Crippen LogP contribution in [0, 0.1) is 0 Å². The van der Waals surface area contributed by atoms with Gasteiger partial charge in [0.25, 0.3) is 11.8 Å². The Bertz CT molecular complexity index is 944. The molecular formula is C20H16N4O2. The van der Waals surface area contributed by atoms with E-state index in [1.807, 2.05) is 24.3 Å². The van der Waals surface area contributed by atoms with Gasteiger partial charge in [0.05, 0.1) is 5.56 Å². The number of para-hydroxylation sites is 1. The van der Waals surface area contributed by atoms with Crippen LogP contribution in [-0.4, -0.2) is 21.8 Å². The van der Waals surface area contributed by atoms with E-state index in [0.717, 1.165) is 11.3 Å². The summed E-state index contributed by atoms with van der Waals surface area (Å²) in [7, 11) is 0. The summed E-state index contributed by atoms with van der Waals surface area (Å²) in [6, 6.07) is 19.6. The van der Waals surface area contributed by atoms with Gasteiger partial charge >= 0.3 is 0 Å². The average molecular weight is 344 g/mol. The maximum Gasteiger partial charge on any atom is 0.276 e. The zero-order valence-corrected chi connectivity index (χ0v) is 13.8. The number of hydrogen-bond acceptors (Lipinski definition) is 4. The molecule has 4 rings (SSSR count). The first-order chi connectivity index (χ1) is 12.7. The predicted octanol–water partition coefficient (Wildman–Crippen LogP) is 2.99. The summed E-state index contributed by atoms with van der Waals surface area (Å²) in [5.74, 6) is -0.633. The van der Waals surface area contributed by atoms with Gasteiger partial charge in [-0.15, -0.1) is 0 Å². The second-order valence-electron chi connectivity index (χ2n) is 5.86. The number of pyridine rings is 1. The third-order valence-corrected chi connectivity index (χ3v) is 4.18. The fraction of sp³-hybridized carbons (Fsp3) is 0.0500. The van der Waals surface area contributed by atoms with Gasteiger partial charge in [0.15, 0.2) is 0 Å². The minimum atomic E-state index is -0.557. The van der Waals surface area contributed by atoms with Crippen molar-refractivity contribution in [3.05, 3.63) is 95.8 Å². The standard InChI is InChI=1S/C20H16N4O2/c25-19(14-7-2-1-3-8-14)23-24-18(15-9-6-12-21-13-15)22-17-11-5-4-10-16(17)20(24)26/h1-13,18,22H,(H,23,25)/t18-/m0/s1. The Morgan fingerprint density at radius 3 is 2.54 bits per heavy atom. The Kier molecular flexibility index (Phi) is 4.07. The lowest BCUT2D eigenvalue weighted by Crippen LogP contribution is -2.52. The number of nitrogens with zero attached hydrogens (tertiary/aromatic N) is 2. The summed E-state index contributed by atoms with van der Waals surface area (Å²) in [6.45, 7) is 0. The normalized spacial score (nSPS) is 15.8. The maximum absolute atomic E-state index is 13.0. The van der Waals surface area contributed by atoms with Crippen molar-refractivity contribution < 1.29 is 9.59 Å². The van der Waals surface area contributed by atoms with Crippen LogP contribution in [0.3, 0.4) is 0 Å². The highest BCUT2D eigenvalue weighted by atomic mass is 16.2. The Labute approximate surface area is 150 Å². The Morgan fingerprint density at radius 1 is 1.00 bits per heavy atom. The van der Waals surface area contributed by atoms with Crippen molar-refractivity contribution in [2.75, 3.05) is 5.32 Å². The molecule has 0 radical (unpaired) electrons. The first kappa shape index (κ1) is 15.8. The highest BCUT2D eigenvalue weighted by Crippen LogP contribution is 2.31. The number of benzene rings is 2. The average Bonchev–Trinajstić information content (AvgIpc) is 2.71. The summed E-state index contributed by atoms with van der Waals surface area (Å²) >= 11 is 0. The van der Waals surface area contributed by atoms with Gasteiger partial charge in [-0.05, 0) is 30.3 Å². The Morgan fingerprint density at radius 2 is 1.77 bits per heavy atom. The van der Waals surface area contributed by atoms with E-state index in [4.69, 9.17) is 0 Å². The fourth-order valence-corrected chi connectivity index (χ4v) is 2.90. The lowest BCUT2D eigenvalue weighted by Gasteiger charge is -2.37. The molecule has 0 spiro atoms. The predicted molar refractivity (Wildman–Crippen MR) is 97.1 cm³/mol. The van der Waals surface area contributed by atoms with Crippen molar-refractivity contribution in [3.8, 4) is 0 Å². The molecule has 2 aromatic carbocycles. The van der Waals surface area contributed by atoms with Crippen LogP contribution in [0.4, 0.5) is 5.69 Å². The molecule has 0 saturated carbocycles. The van der Waals surface area contributed by atoms with E-state index in [1.54, 1.807) is 54.9 Å². The molecule has 6 heteroatoms. The van der Waals surface area contributed by atoms with E-state index >= 15 is 0 Å². The van der Waals surface area contributed by atoms with Crippen molar-refractivity contribution >= 4 is 17.5 Å². The summed E-state index contributed by atoms with van der Waals surface area (Å²) in [4.78, 5) is 29.7. The molecule has 2 N–H and O–H groups in total. The van der Waals surface area contributed by atoms with Gasteiger partial charge in [0, 0.05) is 29.2 Å². The van der Waals surface area contributed by atoms with Gasteiger partial charge in [0.2, 0.25) is 0 Å². The molecule has 6 nitrogen and oxygen atoms in total. The van der Waals surface area contributed by atoms with Crippen LogP contribution < -0.4 is 10.7 Å². The lowest BCUT2D eigenvalue weighted by molar-refractivity contribution is 0.0490. The van der Waals surface area contributed by atoms with Crippen LogP contribution in [0.25, 0.3) is 0 Å². The molecule has 0 unspecified atom stereocenters. The molecular weight excluding hydrogens is 328 g/mol. The number of nitrogens with one attached hydrogen (secondary N) is 2.